The van der Waals surface area contributed by atoms with Gasteiger partial charge in [0.25, 0.3) is 5.91 Å². The number of carbonyl (C=O) groups is 2. The van der Waals surface area contributed by atoms with Crippen molar-refractivity contribution in [1.29, 1.82) is 0 Å². The molecule has 84 valence electrons. The molecule has 16 heavy (non-hydrogen) atoms. The second kappa shape index (κ2) is 4.79. The molecular weight excluding hydrogens is 206 g/mol. The van der Waals surface area contributed by atoms with Gasteiger partial charge in [0.1, 0.15) is 5.69 Å². The highest BCUT2D eigenvalue weighted by molar-refractivity contribution is 5.97. The lowest BCUT2D eigenvalue weighted by Crippen LogP contribution is -2.16. The van der Waals surface area contributed by atoms with Gasteiger partial charge in [0.15, 0.2) is 0 Å². The molecule has 0 bridgehead atoms. The SMILES string of the molecule is O=C1OCCCC/C=C\C(=O)n2cccc21. The van der Waals surface area contributed by atoms with Crippen molar-refractivity contribution < 1.29 is 14.3 Å². The Hall–Kier alpha value is -1.84. The number of esters is 1. The Labute approximate surface area is 93.5 Å². The average Bonchev–Trinajstić information content (AvgIpc) is 2.74. The van der Waals surface area contributed by atoms with Gasteiger partial charge in [0, 0.05) is 6.20 Å². The molecule has 0 N–H and O–H groups in total. The molecule has 0 aliphatic carbocycles. The summed E-state index contributed by atoms with van der Waals surface area (Å²) in [6.45, 7) is 0.409. The minimum absolute atomic E-state index is 0.209. The monoisotopic (exact) mass is 219 g/mol. The zero-order chi connectivity index (χ0) is 11.4. The van der Waals surface area contributed by atoms with Gasteiger partial charge >= 0.3 is 5.97 Å². The van der Waals surface area contributed by atoms with Gasteiger partial charge in [-0.1, -0.05) is 6.08 Å². The second-order valence-electron chi connectivity index (χ2n) is 3.64. The summed E-state index contributed by atoms with van der Waals surface area (Å²) in [6, 6.07) is 3.25. The predicted molar refractivity (Wildman–Crippen MR) is 58.3 cm³/mol. The zero-order valence-corrected chi connectivity index (χ0v) is 8.89. The van der Waals surface area contributed by atoms with Crippen molar-refractivity contribution in [3.8, 4) is 0 Å². The summed E-state index contributed by atoms with van der Waals surface area (Å²) in [7, 11) is 0. The van der Waals surface area contributed by atoms with Gasteiger partial charge in [0.2, 0.25) is 0 Å². The molecule has 2 heterocycles. The normalized spacial score (nSPS) is 19.5. The number of hydrogen-bond donors (Lipinski definition) is 0. The van der Waals surface area contributed by atoms with E-state index in [4.69, 9.17) is 4.74 Å². The third kappa shape index (κ3) is 2.21. The van der Waals surface area contributed by atoms with E-state index in [0.29, 0.717) is 6.61 Å². The summed E-state index contributed by atoms with van der Waals surface area (Å²) in [5, 5.41) is 0. The van der Waals surface area contributed by atoms with Gasteiger partial charge in [-0.15, -0.1) is 0 Å². The summed E-state index contributed by atoms with van der Waals surface area (Å²) in [5.41, 5.74) is 0.288. The standard InChI is InChI=1S/C12H13NO3/c14-11-7-3-1-2-4-9-16-12(15)10-6-5-8-13(10)11/h3,5-8H,1-2,4,9H2/b7-3-. The summed E-state index contributed by atoms with van der Waals surface area (Å²) < 4.78 is 6.38. The second-order valence-corrected chi connectivity index (χ2v) is 3.64. The maximum Gasteiger partial charge on any atom is 0.355 e. The number of aromatic nitrogens is 1. The van der Waals surface area contributed by atoms with Crippen molar-refractivity contribution >= 4 is 11.9 Å². The third-order valence-electron chi connectivity index (χ3n) is 2.45. The Morgan fingerprint density at radius 2 is 2.12 bits per heavy atom. The van der Waals surface area contributed by atoms with E-state index >= 15 is 0 Å². The van der Waals surface area contributed by atoms with Crippen molar-refractivity contribution in [1.82, 2.24) is 4.57 Å². The highest BCUT2D eigenvalue weighted by atomic mass is 16.5. The van der Waals surface area contributed by atoms with E-state index in [9.17, 15) is 9.59 Å². The van der Waals surface area contributed by atoms with Gasteiger partial charge < -0.3 is 4.74 Å². The predicted octanol–water partition coefficient (Wildman–Crippen LogP) is 2.03. The number of carbonyl (C=O) groups excluding carboxylic acids is 2. The maximum atomic E-state index is 11.7. The van der Waals surface area contributed by atoms with E-state index in [-0.39, 0.29) is 11.6 Å². The number of allylic oxidation sites excluding steroid dienone is 2. The first-order valence-corrected chi connectivity index (χ1v) is 5.34. The highest BCUT2D eigenvalue weighted by Gasteiger charge is 2.15. The van der Waals surface area contributed by atoms with Crippen LogP contribution >= 0.6 is 0 Å². The Kier molecular flexibility index (Phi) is 3.19. The van der Waals surface area contributed by atoms with Crippen LogP contribution in [0.15, 0.2) is 30.5 Å². The van der Waals surface area contributed by atoms with Crippen LogP contribution in [0.5, 0.6) is 0 Å². The van der Waals surface area contributed by atoms with E-state index in [1.54, 1.807) is 18.3 Å². The number of nitrogens with zero attached hydrogens (tertiary/aromatic N) is 1. The molecule has 0 saturated carbocycles. The lowest BCUT2D eigenvalue weighted by molar-refractivity contribution is 0.0483. The van der Waals surface area contributed by atoms with Crippen LogP contribution in [0.2, 0.25) is 0 Å². The van der Waals surface area contributed by atoms with Crippen molar-refractivity contribution in [2.24, 2.45) is 0 Å². The van der Waals surface area contributed by atoms with Gasteiger partial charge in [-0.25, -0.2) is 4.79 Å². The number of ether oxygens (including phenoxy) is 1. The van der Waals surface area contributed by atoms with Gasteiger partial charge in [-0.3, -0.25) is 9.36 Å². The molecule has 0 fully saturated rings. The molecule has 2 rings (SSSR count). The molecule has 0 saturated heterocycles. The molecule has 4 nitrogen and oxygen atoms in total. The molecular formula is C12H13NO3. The van der Waals surface area contributed by atoms with E-state index in [1.807, 2.05) is 6.08 Å². The van der Waals surface area contributed by atoms with Crippen LogP contribution in [0, 0.1) is 0 Å². The van der Waals surface area contributed by atoms with Crippen molar-refractivity contribution in [2.45, 2.75) is 19.3 Å². The van der Waals surface area contributed by atoms with Crippen LogP contribution in [0.1, 0.15) is 34.5 Å². The van der Waals surface area contributed by atoms with E-state index in [0.717, 1.165) is 19.3 Å². The molecule has 0 unspecified atom stereocenters. The summed E-state index contributed by atoms with van der Waals surface area (Å²) in [6.07, 6.45) is 7.49. The molecule has 0 aromatic carbocycles. The van der Waals surface area contributed by atoms with Crippen molar-refractivity contribution in [2.75, 3.05) is 6.61 Å². The van der Waals surface area contributed by atoms with Crippen LogP contribution in [0.3, 0.4) is 0 Å². The number of cyclic esters (lactones) is 1. The van der Waals surface area contributed by atoms with Crippen LogP contribution in [-0.2, 0) is 4.74 Å². The minimum Gasteiger partial charge on any atom is -0.461 e. The molecule has 1 aliphatic rings. The molecule has 4 heteroatoms. The zero-order valence-electron chi connectivity index (χ0n) is 8.89. The third-order valence-corrected chi connectivity index (χ3v) is 2.45. The maximum absolute atomic E-state index is 11.7. The van der Waals surface area contributed by atoms with Crippen molar-refractivity contribution in [3.63, 3.8) is 0 Å². The molecule has 0 atom stereocenters. The van der Waals surface area contributed by atoms with Crippen LogP contribution in [-0.4, -0.2) is 23.1 Å². The van der Waals surface area contributed by atoms with Gasteiger partial charge in [-0.05, 0) is 37.5 Å². The molecule has 1 aromatic rings. The first kappa shape index (κ1) is 10.7. The van der Waals surface area contributed by atoms with Crippen molar-refractivity contribution in [3.05, 3.63) is 36.2 Å². The van der Waals surface area contributed by atoms with E-state index in [1.165, 1.54) is 10.6 Å². The van der Waals surface area contributed by atoms with E-state index in [2.05, 4.69) is 0 Å². The molecule has 0 amide bonds. The molecule has 0 spiro atoms. The fourth-order valence-electron chi connectivity index (χ4n) is 1.61. The number of fused-ring (bicyclic) bond motifs is 1. The largest absolute Gasteiger partial charge is 0.461 e. The Morgan fingerprint density at radius 1 is 1.25 bits per heavy atom. The molecule has 1 aromatic heterocycles. The number of hydrogen-bond acceptors (Lipinski definition) is 3. The number of rotatable bonds is 0. The smallest absolute Gasteiger partial charge is 0.355 e. The van der Waals surface area contributed by atoms with Crippen LogP contribution in [0.25, 0.3) is 0 Å². The fourth-order valence-corrected chi connectivity index (χ4v) is 1.61. The first-order valence-electron chi connectivity index (χ1n) is 5.34. The lowest BCUT2D eigenvalue weighted by atomic mass is 10.2. The Bertz CT molecular complexity index is 431. The Balaban J connectivity index is 2.31. The fraction of sp³-hybridized carbons (Fsp3) is 0.333. The molecule has 1 aliphatic heterocycles. The van der Waals surface area contributed by atoms with Crippen LogP contribution in [0.4, 0.5) is 0 Å². The summed E-state index contributed by atoms with van der Waals surface area (Å²) in [5.74, 6) is -0.646. The van der Waals surface area contributed by atoms with E-state index < -0.39 is 5.97 Å². The summed E-state index contributed by atoms with van der Waals surface area (Å²) >= 11 is 0. The lowest BCUT2D eigenvalue weighted by Gasteiger charge is -2.05. The quantitative estimate of drug-likeness (QED) is 0.627. The van der Waals surface area contributed by atoms with Gasteiger partial charge in [-0.2, -0.15) is 0 Å². The topological polar surface area (TPSA) is 48.3 Å². The highest BCUT2D eigenvalue weighted by Crippen LogP contribution is 2.08. The average molecular weight is 219 g/mol. The van der Waals surface area contributed by atoms with Crippen LogP contribution < -0.4 is 0 Å². The first-order chi connectivity index (χ1) is 7.79. The summed E-state index contributed by atoms with van der Waals surface area (Å²) in [4.78, 5) is 23.3. The molecule has 0 radical (unpaired) electrons. The Morgan fingerprint density at radius 3 is 3.00 bits per heavy atom. The van der Waals surface area contributed by atoms with Gasteiger partial charge in [0.05, 0.1) is 6.61 Å². The minimum atomic E-state index is -0.436.